The number of nitrogens with zero attached hydrogens (tertiary/aromatic N) is 3. The summed E-state index contributed by atoms with van der Waals surface area (Å²) in [6.07, 6.45) is 1.41. The highest BCUT2D eigenvalue weighted by Crippen LogP contribution is 2.22. The van der Waals surface area contributed by atoms with Gasteiger partial charge >= 0.3 is 0 Å². The summed E-state index contributed by atoms with van der Waals surface area (Å²) < 4.78 is 32.6. The lowest BCUT2D eigenvalue weighted by molar-refractivity contribution is 0.142. The van der Waals surface area contributed by atoms with Gasteiger partial charge in [-0.15, -0.1) is 0 Å². The first-order valence-corrected chi connectivity index (χ1v) is 7.08. The van der Waals surface area contributed by atoms with Crippen molar-refractivity contribution in [3.63, 3.8) is 0 Å². The van der Waals surface area contributed by atoms with Gasteiger partial charge in [0.1, 0.15) is 4.90 Å². The number of aromatic nitrogens is 2. The van der Waals surface area contributed by atoms with Crippen LogP contribution in [0.1, 0.15) is 13.8 Å². The van der Waals surface area contributed by atoms with Crippen LogP contribution in [-0.2, 0) is 21.8 Å². The van der Waals surface area contributed by atoms with Crippen molar-refractivity contribution in [1.29, 1.82) is 0 Å². The zero-order chi connectivity index (χ0) is 13.9. The van der Waals surface area contributed by atoms with Crippen LogP contribution >= 0.6 is 0 Å². The van der Waals surface area contributed by atoms with Gasteiger partial charge in [-0.25, -0.2) is 8.42 Å². The molecule has 0 aliphatic rings. The number of anilines is 1. The molecule has 2 N–H and O–H groups in total. The van der Waals surface area contributed by atoms with Crippen LogP contribution in [0.2, 0.25) is 0 Å². The first kappa shape index (κ1) is 14.9. The highest BCUT2D eigenvalue weighted by molar-refractivity contribution is 7.89. The molecule has 0 saturated carbocycles. The van der Waals surface area contributed by atoms with Gasteiger partial charge in [0, 0.05) is 32.9 Å². The lowest BCUT2D eigenvalue weighted by atomic mass is 10.4. The second kappa shape index (κ2) is 5.68. The molecule has 0 aromatic carbocycles. The van der Waals surface area contributed by atoms with Crippen molar-refractivity contribution in [3.05, 3.63) is 6.20 Å². The number of ether oxygens (including phenoxy) is 1. The topological polar surface area (TPSA) is 90.5 Å². The van der Waals surface area contributed by atoms with Crippen LogP contribution in [0, 0.1) is 0 Å². The molecular weight excluding hydrogens is 256 g/mol. The molecule has 0 amide bonds. The number of sulfonamides is 1. The van der Waals surface area contributed by atoms with Gasteiger partial charge in [0.2, 0.25) is 10.0 Å². The van der Waals surface area contributed by atoms with E-state index in [-0.39, 0.29) is 16.8 Å². The van der Waals surface area contributed by atoms with Crippen LogP contribution in [0.15, 0.2) is 11.1 Å². The van der Waals surface area contributed by atoms with Gasteiger partial charge in [-0.2, -0.15) is 9.40 Å². The molecule has 1 heterocycles. The molecule has 0 saturated heterocycles. The summed E-state index contributed by atoms with van der Waals surface area (Å²) >= 11 is 0. The first-order valence-electron chi connectivity index (χ1n) is 5.64. The minimum atomic E-state index is -3.64. The number of hydrogen-bond donors (Lipinski definition) is 1. The summed E-state index contributed by atoms with van der Waals surface area (Å²) in [6.45, 7) is 4.24. The summed E-state index contributed by atoms with van der Waals surface area (Å²) in [5, 5.41) is 3.86. The minimum absolute atomic E-state index is 0.0144. The van der Waals surface area contributed by atoms with Gasteiger partial charge in [0.05, 0.1) is 6.61 Å². The molecule has 0 aliphatic carbocycles. The Kier molecular flexibility index (Phi) is 4.71. The molecular formula is C10H20N4O3S. The summed E-state index contributed by atoms with van der Waals surface area (Å²) in [5.41, 5.74) is 5.63. The van der Waals surface area contributed by atoms with Crippen molar-refractivity contribution in [2.75, 3.05) is 26.0 Å². The fourth-order valence-corrected chi connectivity index (χ4v) is 3.57. The Morgan fingerprint density at radius 1 is 1.61 bits per heavy atom. The summed E-state index contributed by atoms with van der Waals surface area (Å²) in [4.78, 5) is 0.0369. The molecule has 0 spiro atoms. The monoisotopic (exact) mass is 276 g/mol. The smallest absolute Gasteiger partial charge is 0.248 e. The average molecular weight is 276 g/mol. The normalized spacial score (nSPS) is 14.1. The Hall–Kier alpha value is -1.12. The fraction of sp³-hybridized carbons (Fsp3) is 0.700. The van der Waals surface area contributed by atoms with E-state index >= 15 is 0 Å². The lowest BCUT2D eigenvalue weighted by Gasteiger charge is -2.26. The van der Waals surface area contributed by atoms with Crippen molar-refractivity contribution < 1.29 is 13.2 Å². The van der Waals surface area contributed by atoms with E-state index in [4.69, 9.17) is 10.5 Å². The van der Waals surface area contributed by atoms with Crippen molar-refractivity contribution in [3.8, 4) is 0 Å². The molecule has 7 nitrogen and oxygen atoms in total. The van der Waals surface area contributed by atoms with Gasteiger partial charge in [-0.05, 0) is 6.92 Å². The summed E-state index contributed by atoms with van der Waals surface area (Å²) in [5.74, 6) is 0.0144. The molecule has 1 atom stereocenters. The zero-order valence-corrected chi connectivity index (χ0v) is 11.9. The highest BCUT2D eigenvalue weighted by Gasteiger charge is 2.30. The standard InChI is InChI=1S/C10H20N4O3S/c1-5-14(8(2)7-17-4)18(15,16)9-6-13(3)12-10(9)11/h6,8H,5,7H2,1-4H3,(H2,11,12). The molecule has 0 radical (unpaired) electrons. The Morgan fingerprint density at radius 3 is 2.61 bits per heavy atom. The maximum Gasteiger partial charge on any atom is 0.248 e. The number of rotatable bonds is 6. The fourth-order valence-electron chi connectivity index (χ4n) is 1.85. The largest absolute Gasteiger partial charge is 0.383 e. The van der Waals surface area contributed by atoms with Crippen molar-refractivity contribution in [2.45, 2.75) is 24.8 Å². The third kappa shape index (κ3) is 2.82. The van der Waals surface area contributed by atoms with E-state index in [9.17, 15) is 8.42 Å². The van der Waals surface area contributed by atoms with Crippen molar-refractivity contribution in [1.82, 2.24) is 14.1 Å². The third-order valence-electron chi connectivity index (χ3n) is 2.62. The highest BCUT2D eigenvalue weighted by atomic mass is 32.2. The predicted molar refractivity (Wildman–Crippen MR) is 68.5 cm³/mol. The number of nitrogen functional groups attached to an aromatic ring is 1. The van der Waals surface area contributed by atoms with E-state index in [2.05, 4.69) is 5.10 Å². The van der Waals surface area contributed by atoms with Crippen molar-refractivity contribution in [2.24, 2.45) is 7.05 Å². The Morgan fingerprint density at radius 2 is 2.22 bits per heavy atom. The second-order valence-corrected chi connectivity index (χ2v) is 5.92. The van der Waals surface area contributed by atoms with E-state index in [0.717, 1.165) is 0 Å². The van der Waals surface area contributed by atoms with Crippen LogP contribution in [0.5, 0.6) is 0 Å². The van der Waals surface area contributed by atoms with Crippen LogP contribution in [0.3, 0.4) is 0 Å². The van der Waals surface area contributed by atoms with E-state index < -0.39 is 10.0 Å². The molecule has 18 heavy (non-hydrogen) atoms. The zero-order valence-electron chi connectivity index (χ0n) is 11.1. The predicted octanol–water partition coefficient (Wildman–Crippen LogP) is 0.0478. The summed E-state index contributed by atoms with van der Waals surface area (Å²) in [7, 11) is -0.471. The van der Waals surface area contributed by atoms with E-state index in [1.54, 1.807) is 20.9 Å². The van der Waals surface area contributed by atoms with Crippen LogP contribution in [-0.4, -0.2) is 48.8 Å². The maximum absolute atomic E-state index is 12.5. The molecule has 1 aromatic rings. The second-order valence-electron chi connectivity index (χ2n) is 4.06. The van der Waals surface area contributed by atoms with Crippen LogP contribution in [0.25, 0.3) is 0 Å². The number of methoxy groups -OCH3 is 1. The third-order valence-corrected chi connectivity index (χ3v) is 4.73. The SMILES string of the molecule is CCN(C(C)COC)S(=O)(=O)c1cn(C)nc1N. The van der Waals surface area contributed by atoms with Gasteiger partial charge < -0.3 is 10.5 Å². The van der Waals surface area contributed by atoms with E-state index in [0.29, 0.717) is 13.2 Å². The Balaban J connectivity index is 3.15. The average Bonchev–Trinajstić information content (AvgIpc) is 2.59. The molecule has 1 unspecified atom stereocenters. The molecule has 0 bridgehead atoms. The van der Waals surface area contributed by atoms with E-state index in [1.165, 1.54) is 22.3 Å². The lowest BCUT2D eigenvalue weighted by Crippen LogP contribution is -2.40. The van der Waals surface area contributed by atoms with E-state index in [1.807, 2.05) is 0 Å². The molecule has 0 fully saturated rings. The quantitative estimate of drug-likeness (QED) is 0.792. The van der Waals surface area contributed by atoms with Crippen molar-refractivity contribution >= 4 is 15.8 Å². The van der Waals surface area contributed by atoms with Gasteiger partial charge in [-0.3, -0.25) is 4.68 Å². The van der Waals surface area contributed by atoms with Crippen LogP contribution < -0.4 is 5.73 Å². The molecule has 8 heteroatoms. The maximum atomic E-state index is 12.5. The number of nitrogens with two attached hydrogens (primary N) is 1. The van der Waals surface area contributed by atoms with Gasteiger partial charge in [0.25, 0.3) is 0 Å². The molecule has 0 aliphatic heterocycles. The van der Waals surface area contributed by atoms with Crippen LogP contribution in [0.4, 0.5) is 5.82 Å². The first-order chi connectivity index (χ1) is 8.34. The Labute approximate surface area is 108 Å². The Bertz CT molecular complexity index is 497. The molecule has 1 rings (SSSR count). The minimum Gasteiger partial charge on any atom is -0.383 e. The number of aryl methyl sites for hydroxylation is 1. The summed E-state index contributed by atoms with van der Waals surface area (Å²) in [6, 6.07) is -0.260. The van der Waals surface area contributed by atoms with Gasteiger partial charge in [0.15, 0.2) is 5.82 Å². The van der Waals surface area contributed by atoms with Gasteiger partial charge in [-0.1, -0.05) is 6.92 Å². The molecule has 104 valence electrons. The number of likely N-dealkylation sites (N-methyl/N-ethyl adjacent to an activating group) is 1. The molecule has 1 aromatic heterocycles. The number of hydrogen-bond acceptors (Lipinski definition) is 5.